The van der Waals surface area contributed by atoms with Crippen molar-refractivity contribution in [2.24, 2.45) is 5.92 Å². The van der Waals surface area contributed by atoms with Gasteiger partial charge in [-0.1, -0.05) is 0 Å². The van der Waals surface area contributed by atoms with Crippen LogP contribution in [0, 0.1) is 5.92 Å². The van der Waals surface area contributed by atoms with Gasteiger partial charge in [0.25, 0.3) is 0 Å². The number of methoxy groups -OCH3 is 2. The van der Waals surface area contributed by atoms with E-state index < -0.39 is 12.3 Å². The fourth-order valence-electron chi connectivity index (χ4n) is 4.07. The molecular weight excluding hydrogens is 296 g/mol. The Hall–Kier alpha value is -1.33. The standard InChI is InChI=1S/C18H26FNO3/c1-11(19)6-13-10-20-5-4-12-7-17(22-2)18(23-3)8-14(12)15(20)9-16(13)21/h7-8,11,13,15-16,21H,4-6,9-10H2,1-3H3/t11?,13-,15-,16-/m0/s1/i19-1. The molecule has 1 aromatic rings. The molecule has 1 fully saturated rings. The molecular formula is C18H26FNO3. The number of piperidine rings is 1. The maximum absolute atomic E-state index is 13.3. The third-order valence-electron chi connectivity index (χ3n) is 5.22. The molecule has 0 aliphatic carbocycles. The summed E-state index contributed by atoms with van der Waals surface area (Å²) in [6, 6.07) is 4.27. The van der Waals surface area contributed by atoms with E-state index in [-0.39, 0.29) is 12.0 Å². The highest BCUT2D eigenvalue weighted by Crippen LogP contribution is 2.43. The predicted octanol–water partition coefficient (Wildman–Crippen LogP) is 2.73. The summed E-state index contributed by atoms with van der Waals surface area (Å²) >= 11 is 0. The number of rotatable bonds is 4. The van der Waals surface area contributed by atoms with Gasteiger partial charge in [0.05, 0.1) is 26.5 Å². The third kappa shape index (κ3) is 3.17. The lowest BCUT2D eigenvalue weighted by Gasteiger charge is -2.46. The molecule has 0 amide bonds. The zero-order valence-electron chi connectivity index (χ0n) is 14.1. The van der Waals surface area contributed by atoms with Crippen molar-refractivity contribution in [3.63, 3.8) is 0 Å². The molecule has 1 aromatic carbocycles. The monoisotopic (exact) mass is 322 g/mol. The van der Waals surface area contributed by atoms with Gasteiger partial charge in [0, 0.05) is 25.0 Å². The van der Waals surface area contributed by atoms with E-state index >= 15 is 0 Å². The number of benzene rings is 1. The molecule has 0 bridgehead atoms. The zero-order valence-corrected chi connectivity index (χ0v) is 14.1. The average Bonchev–Trinajstić information content (AvgIpc) is 2.53. The fourth-order valence-corrected chi connectivity index (χ4v) is 4.07. The van der Waals surface area contributed by atoms with E-state index in [0.717, 1.165) is 31.0 Å². The van der Waals surface area contributed by atoms with Gasteiger partial charge in [-0.3, -0.25) is 4.90 Å². The zero-order chi connectivity index (χ0) is 16.6. The summed E-state index contributed by atoms with van der Waals surface area (Å²) in [7, 11) is 3.28. The lowest BCUT2D eigenvalue weighted by molar-refractivity contribution is -0.0218. The first kappa shape index (κ1) is 16.5. The smallest absolute Gasteiger partial charge is 0.161 e. The van der Waals surface area contributed by atoms with E-state index in [1.165, 1.54) is 11.1 Å². The lowest BCUT2D eigenvalue weighted by atomic mass is 9.80. The van der Waals surface area contributed by atoms with Gasteiger partial charge in [-0.15, -0.1) is 0 Å². The van der Waals surface area contributed by atoms with Crippen molar-refractivity contribution in [3.05, 3.63) is 23.3 Å². The Morgan fingerprint density at radius 3 is 2.65 bits per heavy atom. The highest BCUT2D eigenvalue weighted by atomic mass is 18.2. The van der Waals surface area contributed by atoms with Gasteiger partial charge in [0.15, 0.2) is 11.5 Å². The number of hydrogen-bond donors (Lipinski definition) is 1. The normalized spacial score (nSPS) is 28.7. The van der Waals surface area contributed by atoms with Crippen molar-refractivity contribution in [1.29, 1.82) is 0 Å². The van der Waals surface area contributed by atoms with Crippen molar-refractivity contribution in [3.8, 4) is 11.5 Å². The molecule has 2 aliphatic rings. The maximum Gasteiger partial charge on any atom is 0.161 e. The molecule has 5 heteroatoms. The van der Waals surface area contributed by atoms with Crippen LogP contribution in [0.1, 0.15) is 36.9 Å². The van der Waals surface area contributed by atoms with E-state index in [4.69, 9.17) is 9.47 Å². The van der Waals surface area contributed by atoms with Crippen molar-refractivity contribution < 1.29 is 19.0 Å². The Morgan fingerprint density at radius 2 is 2.00 bits per heavy atom. The number of hydrogen-bond acceptors (Lipinski definition) is 4. The lowest BCUT2D eigenvalue weighted by Crippen LogP contribution is -2.48. The summed E-state index contributed by atoms with van der Waals surface area (Å²) in [5.41, 5.74) is 2.47. The Labute approximate surface area is 137 Å². The van der Waals surface area contributed by atoms with Crippen LogP contribution in [0.3, 0.4) is 0 Å². The van der Waals surface area contributed by atoms with Crippen molar-refractivity contribution >= 4 is 0 Å². The molecule has 4 nitrogen and oxygen atoms in total. The Morgan fingerprint density at radius 1 is 1.30 bits per heavy atom. The van der Waals surface area contributed by atoms with Crippen LogP contribution >= 0.6 is 0 Å². The van der Waals surface area contributed by atoms with E-state index in [9.17, 15) is 9.50 Å². The van der Waals surface area contributed by atoms with E-state index in [1.807, 2.05) is 12.1 Å². The van der Waals surface area contributed by atoms with E-state index in [1.54, 1.807) is 21.1 Å². The van der Waals surface area contributed by atoms with Gasteiger partial charge in [-0.25, -0.2) is 4.39 Å². The Balaban J connectivity index is 1.87. The fraction of sp³-hybridized carbons (Fsp3) is 0.667. The van der Waals surface area contributed by atoms with Crippen molar-refractivity contribution in [1.82, 2.24) is 4.90 Å². The average molecular weight is 322 g/mol. The topological polar surface area (TPSA) is 41.9 Å². The number of aliphatic hydroxyl groups is 1. The Kier molecular flexibility index (Phi) is 4.78. The highest BCUT2D eigenvalue weighted by molar-refractivity contribution is 5.49. The van der Waals surface area contributed by atoms with E-state index in [0.29, 0.717) is 12.8 Å². The molecule has 1 unspecified atom stereocenters. The molecule has 4 atom stereocenters. The van der Waals surface area contributed by atoms with Crippen molar-refractivity contribution in [2.45, 2.75) is 44.5 Å². The maximum atomic E-state index is 13.3. The molecule has 0 aromatic heterocycles. The molecule has 2 aliphatic heterocycles. The second kappa shape index (κ2) is 6.65. The summed E-state index contributed by atoms with van der Waals surface area (Å²) in [5, 5.41) is 10.5. The Bertz CT molecular complexity index is 563. The van der Waals surface area contributed by atoms with E-state index in [2.05, 4.69) is 4.90 Å². The first-order chi connectivity index (χ1) is 11.0. The minimum absolute atomic E-state index is 0.0212. The molecule has 3 rings (SSSR count). The van der Waals surface area contributed by atoms with Crippen LogP contribution in [0.4, 0.5) is 4.39 Å². The SMILES string of the molecule is COc1cc2c(cc1OC)[C@@H]1C[C@H](O)[C@@H](CC(C)[18F])CN1CC2. The molecule has 0 radical (unpaired) electrons. The minimum Gasteiger partial charge on any atom is -0.493 e. The molecule has 23 heavy (non-hydrogen) atoms. The van der Waals surface area contributed by atoms with Gasteiger partial charge >= 0.3 is 0 Å². The summed E-state index contributed by atoms with van der Waals surface area (Å²) in [4.78, 5) is 2.38. The number of aliphatic hydroxyl groups excluding tert-OH is 1. The van der Waals surface area contributed by atoms with Crippen molar-refractivity contribution in [2.75, 3.05) is 27.3 Å². The summed E-state index contributed by atoms with van der Waals surface area (Å²) in [5.74, 6) is 1.50. The molecule has 1 N–H and O–H groups in total. The third-order valence-corrected chi connectivity index (χ3v) is 5.22. The first-order valence-electron chi connectivity index (χ1n) is 8.34. The largest absolute Gasteiger partial charge is 0.493 e. The first-order valence-corrected chi connectivity index (χ1v) is 8.34. The number of halogens is 1. The van der Waals surface area contributed by atoms with Crippen LogP contribution in [0.5, 0.6) is 11.5 Å². The summed E-state index contributed by atoms with van der Waals surface area (Å²) in [6.07, 6.45) is 0.713. The molecule has 2 heterocycles. The quantitative estimate of drug-likeness (QED) is 0.925. The van der Waals surface area contributed by atoms with Crippen LogP contribution < -0.4 is 9.47 Å². The number of ether oxygens (including phenoxy) is 2. The summed E-state index contributed by atoms with van der Waals surface area (Å²) in [6.45, 7) is 3.27. The van der Waals surface area contributed by atoms with Gasteiger partial charge in [0.2, 0.25) is 0 Å². The predicted molar refractivity (Wildman–Crippen MR) is 86.9 cm³/mol. The molecule has 0 saturated carbocycles. The van der Waals surface area contributed by atoms with Crippen LogP contribution in [-0.4, -0.2) is 49.6 Å². The van der Waals surface area contributed by atoms with Gasteiger partial charge in [0.1, 0.15) is 0 Å². The van der Waals surface area contributed by atoms with Crippen LogP contribution in [0.2, 0.25) is 0 Å². The van der Waals surface area contributed by atoms with Crippen LogP contribution in [0.15, 0.2) is 12.1 Å². The number of fused-ring (bicyclic) bond motifs is 3. The van der Waals surface area contributed by atoms with Gasteiger partial charge in [-0.05, 0) is 49.4 Å². The molecule has 0 spiro atoms. The van der Waals surface area contributed by atoms with Crippen LogP contribution in [0.25, 0.3) is 0 Å². The minimum atomic E-state index is -0.868. The van der Waals surface area contributed by atoms with Crippen LogP contribution in [-0.2, 0) is 6.42 Å². The number of alkyl halides is 1. The highest BCUT2D eigenvalue weighted by Gasteiger charge is 2.39. The van der Waals surface area contributed by atoms with Gasteiger partial charge < -0.3 is 14.6 Å². The second-order valence-corrected chi connectivity index (χ2v) is 6.75. The number of nitrogens with zero attached hydrogens (tertiary/aromatic N) is 1. The molecule has 128 valence electrons. The van der Waals surface area contributed by atoms with Gasteiger partial charge in [-0.2, -0.15) is 0 Å². The second-order valence-electron chi connectivity index (χ2n) is 6.75. The molecule has 1 saturated heterocycles. The summed E-state index contributed by atoms with van der Waals surface area (Å²) < 4.78 is 24.2.